The highest BCUT2D eigenvalue weighted by Gasteiger charge is 2.13. The number of tetrazole rings is 1. The van der Waals surface area contributed by atoms with E-state index in [2.05, 4.69) is 15.5 Å². The second kappa shape index (κ2) is 4.59. The predicted molar refractivity (Wildman–Crippen MR) is 61.0 cm³/mol. The summed E-state index contributed by atoms with van der Waals surface area (Å²) in [6.07, 6.45) is 0. The Morgan fingerprint density at radius 1 is 1.50 bits per heavy atom. The van der Waals surface area contributed by atoms with Crippen LogP contribution in [0.5, 0.6) is 0 Å². The van der Waals surface area contributed by atoms with Gasteiger partial charge in [-0.3, -0.25) is 0 Å². The van der Waals surface area contributed by atoms with Crippen molar-refractivity contribution < 1.29 is 0 Å². The third-order valence-corrected chi connectivity index (χ3v) is 2.68. The first-order valence-corrected chi connectivity index (χ1v) is 5.32. The van der Waals surface area contributed by atoms with Crippen molar-refractivity contribution in [2.75, 3.05) is 0 Å². The van der Waals surface area contributed by atoms with Crippen molar-refractivity contribution in [2.45, 2.75) is 19.5 Å². The van der Waals surface area contributed by atoms with Gasteiger partial charge >= 0.3 is 0 Å². The summed E-state index contributed by atoms with van der Waals surface area (Å²) >= 11 is 5.94. The van der Waals surface area contributed by atoms with Crippen LogP contribution in [0.2, 0.25) is 5.02 Å². The van der Waals surface area contributed by atoms with Crippen LogP contribution in [0, 0.1) is 0 Å². The first kappa shape index (κ1) is 11.0. The van der Waals surface area contributed by atoms with Gasteiger partial charge in [0.1, 0.15) is 0 Å². The topological polar surface area (TPSA) is 69.6 Å². The fourth-order valence-corrected chi connectivity index (χ4v) is 1.75. The van der Waals surface area contributed by atoms with Crippen LogP contribution in [-0.4, -0.2) is 20.2 Å². The summed E-state index contributed by atoms with van der Waals surface area (Å²) in [5, 5.41) is 12.1. The van der Waals surface area contributed by atoms with Gasteiger partial charge in [0.25, 0.3) is 0 Å². The van der Waals surface area contributed by atoms with Gasteiger partial charge in [-0.05, 0) is 35.0 Å². The molecular weight excluding hydrogens is 226 g/mol. The second-order valence-electron chi connectivity index (χ2n) is 3.47. The first-order valence-electron chi connectivity index (χ1n) is 4.94. The van der Waals surface area contributed by atoms with Gasteiger partial charge in [-0.2, -0.15) is 0 Å². The molecule has 2 aromatic rings. The quantitative estimate of drug-likeness (QED) is 0.876. The summed E-state index contributed by atoms with van der Waals surface area (Å²) in [6.45, 7) is 2.32. The zero-order valence-electron chi connectivity index (χ0n) is 8.84. The maximum Gasteiger partial charge on any atom is 0.165 e. The summed E-state index contributed by atoms with van der Waals surface area (Å²) in [5.41, 5.74) is 6.60. The Morgan fingerprint density at radius 2 is 2.31 bits per heavy atom. The molecule has 1 aromatic carbocycles. The summed E-state index contributed by atoms with van der Waals surface area (Å²) in [6, 6.07) is 7.64. The minimum Gasteiger partial charge on any atom is -0.324 e. The molecule has 0 saturated heterocycles. The van der Waals surface area contributed by atoms with Gasteiger partial charge in [-0.1, -0.05) is 23.7 Å². The molecule has 1 atom stereocenters. The van der Waals surface area contributed by atoms with Crippen molar-refractivity contribution in [3.63, 3.8) is 0 Å². The van der Waals surface area contributed by atoms with E-state index in [1.54, 1.807) is 4.68 Å². The Bertz CT molecular complexity index is 482. The standard InChI is InChI=1S/C10H12ClN5/c1-7(8-3-2-4-9(11)5-8)16-10(6-12)13-14-15-16/h2-5,7H,6,12H2,1H3. The summed E-state index contributed by atoms with van der Waals surface area (Å²) < 4.78 is 1.70. The average Bonchev–Trinajstić information content (AvgIpc) is 2.76. The number of nitrogens with two attached hydrogens (primary N) is 1. The zero-order valence-corrected chi connectivity index (χ0v) is 9.59. The van der Waals surface area contributed by atoms with Crippen LogP contribution in [0.3, 0.4) is 0 Å². The Morgan fingerprint density at radius 3 is 3.00 bits per heavy atom. The van der Waals surface area contributed by atoms with Gasteiger partial charge in [0.15, 0.2) is 5.82 Å². The van der Waals surface area contributed by atoms with Crippen molar-refractivity contribution in [3.8, 4) is 0 Å². The Balaban J connectivity index is 2.35. The number of nitrogens with zero attached hydrogens (tertiary/aromatic N) is 4. The Labute approximate surface area is 98.2 Å². The lowest BCUT2D eigenvalue weighted by molar-refractivity contribution is 0.521. The number of rotatable bonds is 3. The molecule has 6 heteroatoms. The third kappa shape index (κ3) is 2.05. The van der Waals surface area contributed by atoms with Gasteiger partial charge < -0.3 is 5.73 Å². The number of hydrogen-bond acceptors (Lipinski definition) is 4. The van der Waals surface area contributed by atoms with Crippen LogP contribution in [0.4, 0.5) is 0 Å². The first-order chi connectivity index (χ1) is 7.72. The Hall–Kier alpha value is -1.46. The maximum atomic E-state index is 5.94. The molecule has 2 N–H and O–H groups in total. The van der Waals surface area contributed by atoms with Crippen molar-refractivity contribution in [3.05, 3.63) is 40.7 Å². The Kier molecular flexibility index (Phi) is 3.17. The molecule has 0 bridgehead atoms. The molecule has 0 saturated carbocycles. The molecule has 16 heavy (non-hydrogen) atoms. The van der Waals surface area contributed by atoms with E-state index in [1.165, 1.54) is 0 Å². The minimum absolute atomic E-state index is 0.0206. The highest BCUT2D eigenvalue weighted by Crippen LogP contribution is 2.20. The molecule has 5 nitrogen and oxygen atoms in total. The number of aromatic nitrogens is 4. The van der Waals surface area contributed by atoms with E-state index in [0.29, 0.717) is 17.4 Å². The van der Waals surface area contributed by atoms with Crippen LogP contribution in [0.25, 0.3) is 0 Å². The number of hydrogen-bond donors (Lipinski definition) is 1. The van der Waals surface area contributed by atoms with E-state index in [-0.39, 0.29) is 6.04 Å². The highest BCUT2D eigenvalue weighted by molar-refractivity contribution is 6.30. The van der Waals surface area contributed by atoms with Crippen molar-refractivity contribution in [1.82, 2.24) is 20.2 Å². The molecule has 1 unspecified atom stereocenters. The van der Waals surface area contributed by atoms with E-state index in [0.717, 1.165) is 5.56 Å². The van der Waals surface area contributed by atoms with Crippen LogP contribution in [0.1, 0.15) is 24.4 Å². The van der Waals surface area contributed by atoms with E-state index in [9.17, 15) is 0 Å². The molecule has 0 spiro atoms. The molecular formula is C10H12ClN5. The van der Waals surface area contributed by atoms with Gasteiger partial charge in [0.05, 0.1) is 12.6 Å². The van der Waals surface area contributed by atoms with E-state index < -0.39 is 0 Å². The third-order valence-electron chi connectivity index (χ3n) is 2.44. The smallest absolute Gasteiger partial charge is 0.165 e. The largest absolute Gasteiger partial charge is 0.324 e. The molecule has 1 heterocycles. The molecule has 1 aromatic heterocycles. The van der Waals surface area contributed by atoms with Crippen LogP contribution >= 0.6 is 11.6 Å². The molecule has 2 rings (SSSR count). The zero-order chi connectivity index (χ0) is 11.5. The molecule has 0 radical (unpaired) electrons. The average molecular weight is 238 g/mol. The monoisotopic (exact) mass is 237 g/mol. The summed E-state index contributed by atoms with van der Waals surface area (Å²) in [4.78, 5) is 0. The lowest BCUT2D eigenvalue weighted by Gasteiger charge is -2.13. The maximum absolute atomic E-state index is 5.94. The lowest BCUT2D eigenvalue weighted by Crippen LogP contribution is -2.15. The van der Waals surface area contributed by atoms with Gasteiger partial charge in [0, 0.05) is 5.02 Å². The van der Waals surface area contributed by atoms with Crippen LogP contribution < -0.4 is 5.73 Å². The SMILES string of the molecule is CC(c1cccc(Cl)c1)n1nnnc1CN. The molecule has 0 aliphatic carbocycles. The molecule has 0 aliphatic rings. The molecule has 0 aliphatic heterocycles. The van der Waals surface area contributed by atoms with Crippen molar-refractivity contribution in [1.29, 1.82) is 0 Å². The minimum atomic E-state index is 0.0206. The van der Waals surface area contributed by atoms with Crippen molar-refractivity contribution in [2.24, 2.45) is 5.73 Å². The summed E-state index contributed by atoms with van der Waals surface area (Å²) in [7, 11) is 0. The van der Waals surface area contributed by atoms with Gasteiger partial charge in [-0.25, -0.2) is 4.68 Å². The number of benzene rings is 1. The fraction of sp³-hybridized carbons (Fsp3) is 0.300. The summed E-state index contributed by atoms with van der Waals surface area (Å²) in [5.74, 6) is 0.660. The van der Waals surface area contributed by atoms with Crippen LogP contribution in [-0.2, 0) is 6.54 Å². The predicted octanol–water partition coefficient (Wildman–Crippen LogP) is 1.39. The van der Waals surface area contributed by atoms with E-state index in [1.807, 2.05) is 31.2 Å². The van der Waals surface area contributed by atoms with Gasteiger partial charge in [-0.15, -0.1) is 5.10 Å². The molecule has 0 fully saturated rings. The van der Waals surface area contributed by atoms with Crippen molar-refractivity contribution >= 4 is 11.6 Å². The van der Waals surface area contributed by atoms with E-state index in [4.69, 9.17) is 17.3 Å². The van der Waals surface area contributed by atoms with Crippen LogP contribution in [0.15, 0.2) is 24.3 Å². The lowest BCUT2D eigenvalue weighted by atomic mass is 10.1. The highest BCUT2D eigenvalue weighted by atomic mass is 35.5. The molecule has 0 amide bonds. The van der Waals surface area contributed by atoms with E-state index >= 15 is 0 Å². The normalized spacial score (nSPS) is 12.7. The fourth-order valence-electron chi connectivity index (χ4n) is 1.56. The molecule has 84 valence electrons. The van der Waals surface area contributed by atoms with Gasteiger partial charge in [0.2, 0.25) is 0 Å². The number of halogens is 1. The second-order valence-corrected chi connectivity index (χ2v) is 3.91.